The van der Waals surface area contributed by atoms with Gasteiger partial charge < -0.3 is 30.7 Å². The Morgan fingerprint density at radius 2 is 1.75 bits per heavy atom. The Balaban J connectivity index is 0.00000441. The smallest absolute Gasteiger partial charge is 0.274 e. The second kappa shape index (κ2) is 12.8. The molecule has 0 unspecified atom stereocenters. The number of amides is 2. The van der Waals surface area contributed by atoms with Gasteiger partial charge in [0.05, 0.1) is 0 Å². The number of fused-ring (bicyclic) bond motifs is 1. The molecule has 0 spiro atoms. The number of nitrogens with zero attached hydrogens (tertiary/aromatic N) is 1. The van der Waals surface area contributed by atoms with E-state index < -0.39 is 0 Å². The zero-order valence-corrected chi connectivity index (χ0v) is 24.3. The number of hydrogen-bond donors (Lipinski definition) is 4. The molecule has 0 saturated heterocycles. The second-order valence-corrected chi connectivity index (χ2v) is 9.81. The molecule has 0 aliphatic heterocycles. The lowest BCUT2D eigenvalue weighted by Crippen LogP contribution is -2.23. The predicted molar refractivity (Wildman–Crippen MR) is 162 cm³/mol. The van der Waals surface area contributed by atoms with Crippen LogP contribution in [-0.2, 0) is 11.8 Å². The predicted octanol–water partition coefficient (Wildman–Crippen LogP) is 5.10. The van der Waals surface area contributed by atoms with Crippen molar-refractivity contribution in [3.63, 3.8) is 0 Å². The van der Waals surface area contributed by atoms with Crippen LogP contribution in [0.15, 0.2) is 47.4 Å². The number of ether oxygens (including phenoxy) is 1. The number of aromatic amines is 1. The van der Waals surface area contributed by atoms with Gasteiger partial charge in [-0.25, -0.2) is 0 Å². The van der Waals surface area contributed by atoms with Crippen molar-refractivity contribution in [2.24, 2.45) is 12.8 Å². The summed E-state index contributed by atoms with van der Waals surface area (Å²) in [4.78, 5) is 40.5. The van der Waals surface area contributed by atoms with E-state index in [4.69, 9.17) is 10.5 Å². The standard InChI is InChI=1S/C30H35N5O4.ClH/c1-6-32-29(37)25-15-23-24(16-35(5)30(38)27(23)34-25)20-10-17(2)11-22(14-20)39-28-18(3)12-21(13-19(28)4)33-26(36)8-7-9-31;/h10-16,34H,6-9,31H2,1-5H3,(H,32,37)(H,33,36);1H. The van der Waals surface area contributed by atoms with Gasteiger partial charge in [0.25, 0.3) is 11.5 Å². The van der Waals surface area contributed by atoms with Crippen LogP contribution in [0, 0.1) is 20.8 Å². The lowest BCUT2D eigenvalue weighted by molar-refractivity contribution is -0.116. The number of aryl methyl sites for hydroxylation is 4. The molecule has 10 heteroatoms. The highest BCUT2D eigenvalue weighted by atomic mass is 35.5. The highest BCUT2D eigenvalue weighted by Gasteiger charge is 2.17. The first-order valence-corrected chi connectivity index (χ1v) is 13.0. The lowest BCUT2D eigenvalue weighted by Gasteiger charge is -2.16. The number of rotatable bonds is 9. The van der Waals surface area contributed by atoms with Gasteiger partial charge in [0, 0.05) is 42.8 Å². The van der Waals surface area contributed by atoms with E-state index in [2.05, 4.69) is 15.6 Å². The van der Waals surface area contributed by atoms with Gasteiger partial charge >= 0.3 is 0 Å². The molecular formula is C30H36ClN5O4. The largest absolute Gasteiger partial charge is 0.457 e. The molecule has 0 radical (unpaired) electrons. The number of carbonyl (C=O) groups is 2. The molecule has 4 rings (SSSR count). The molecule has 0 atom stereocenters. The van der Waals surface area contributed by atoms with Gasteiger partial charge in [0.1, 0.15) is 22.7 Å². The summed E-state index contributed by atoms with van der Waals surface area (Å²) in [5, 5.41) is 6.36. The Labute approximate surface area is 239 Å². The fraction of sp³-hybridized carbons (Fsp3) is 0.300. The van der Waals surface area contributed by atoms with Crippen LogP contribution in [0.1, 0.15) is 46.9 Å². The van der Waals surface area contributed by atoms with Crippen molar-refractivity contribution >= 4 is 40.8 Å². The molecule has 2 aromatic carbocycles. The lowest BCUT2D eigenvalue weighted by atomic mass is 10.0. The van der Waals surface area contributed by atoms with E-state index in [9.17, 15) is 14.4 Å². The van der Waals surface area contributed by atoms with E-state index in [0.717, 1.165) is 27.8 Å². The Bertz CT molecular complexity index is 1600. The summed E-state index contributed by atoms with van der Waals surface area (Å²) in [5.74, 6) is 1.01. The van der Waals surface area contributed by atoms with Crippen LogP contribution in [-0.4, -0.2) is 34.5 Å². The number of halogens is 1. The van der Waals surface area contributed by atoms with Crippen molar-refractivity contribution < 1.29 is 14.3 Å². The van der Waals surface area contributed by atoms with E-state index in [0.29, 0.717) is 59.7 Å². The van der Waals surface area contributed by atoms with Crippen molar-refractivity contribution in [2.75, 3.05) is 18.4 Å². The number of aromatic nitrogens is 2. The first kappa shape index (κ1) is 30.5. The van der Waals surface area contributed by atoms with Gasteiger partial charge in [-0.05, 0) is 93.2 Å². The van der Waals surface area contributed by atoms with Gasteiger partial charge in [0.2, 0.25) is 5.91 Å². The SMILES string of the molecule is CCNC(=O)c1cc2c(-c3cc(C)cc(Oc4c(C)cc(NC(=O)CCCN)cc4C)c3)cn(C)c(=O)c2[nH]1.Cl. The average Bonchev–Trinajstić information content (AvgIpc) is 3.33. The minimum Gasteiger partial charge on any atom is -0.457 e. The molecule has 5 N–H and O–H groups in total. The Morgan fingerprint density at radius 3 is 2.40 bits per heavy atom. The third-order valence-electron chi connectivity index (χ3n) is 6.48. The number of carbonyl (C=O) groups excluding carboxylic acids is 2. The summed E-state index contributed by atoms with van der Waals surface area (Å²) in [5.41, 5.74) is 11.1. The maximum absolute atomic E-state index is 12.8. The van der Waals surface area contributed by atoms with Crippen LogP contribution in [0.3, 0.4) is 0 Å². The number of nitrogens with two attached hydrogens (primary N) is 1. The molecule has 212 valence electrons. The van der Waals surface area contributed by atoms with Gasteiger partial charge in [-0.1, -0.05) is 6.07 Å². The summed E-state index contributed by atoms with van der Waals surface area (Å²) in [6, 6.07) is 11.4. The van der Waals surface area contributed by atoms with Crippen molar-refractivity contribution in [2.45, 2.75) is 40.5 Å². The highest BCUT2D eigenvalue weighted by Crippen LogP contribution is 2.36. The van der Waals surface area contributed by atoms with Crippen LogP contribution >= 0.6 is 12.4 Å². The summed E-state index contributed by atoms with van der Waals surface area (Å²) < 4.78 is 7.89. The molecule has 2 heterocycles. The first-order chi connectivity index (χ1) is 18.6. The number of benzene rings is 2. The fourth-order valence-electron chi connectivity index (χ4n) is 4.69. The summed E-state index contributed by atoms with van der Waals surface area (Å²) in [6.45, 7) is 8.66. The average molecular weight is 566 g/mol. The van der Waals surface area contributed by atoms with Crippen LogP contribution in [0.2, 0.25) is 0 Å². The van der Waals surface area contributed by atoms with Crippen molar-refractivity contribution in [1.29, 1.82) is 0 Å². The van der Waals surface area contributed by atoms with E-state index in [1.165, 1.54) is 4.57 Å². The molecule has 0 aliphatic rings. The molecule has 2 aromatic heterocycles. The fourth-order valence-corrected chi connectivity index (χ4v) is 4.69. The normalized spacial score (nSPS) is 10.8. The number of H-pyrrole nitrogens is 1. The molecule has 4 aromatic rings. The van der Waals surface area contributed by atoms with Gasteiger partial charge in [0.15, 0.2) is 0 Å². The number of anilines is 1. The first-order valence-electron chi connectivity index (χ1n) is 13.0. The van der Waals surface area contributed by atoms with Gasteiger partial charge in [-0.3, -0.25) is 14.4 Å². The maximum atomic E-state index is 12.8. The Kier molecular flexibility index (Phi) is 9.78. The van der Waals surface area contributed by atoms with Gasteiger partial charge in [-0.15, -0.1) is 12.4 Å². The molecule has 0 aliphatic carbocycles. The molecule has 2 amide bonds. The third kappa shape index (κ3) is 6.55. The zero-order valence-electron chi connectivity index (χ0n) is 23.4. The molecular weight excluding hydrogens is 530 g/mol. The van der Waals surface area contributed by atoms with Crippen molar-refractivity contribution in [1.82, 2.24) is 14.9 Å². The summed E-state index contributed by atoms with van der Waals surface area (Å²) in [7, 11) is 1.69. The monoisotopic (exact) mass is 565 g/mol. The zero-order chi connectivity index (χ0) is 28.3. The molecule has 9 nitrogen and oxygen atoms in total. The van der Waals surface area contributed by atoms with Crippen LogP contribution in [0.25, 0.3) is 22.0 Å². The van der Waals surface area contributed by atoms with E-state index in [1.54, 1.807) is 19.3 Å². The highest BCUT2D eigenvalue weighted by molar-refractivity contribution is 6.02. The van der Waals surface area contributed by atoms with E-state index in [-0.39, 0.29) is 29.8 Å². The molecule has 0 fully saturated rings. The van der Waals surface area contributed by atoms with Crippen LogP contribution in [0.4, 0.5) is 5.69 Å². The second-order valence-electron chi connectivity index (χ2n) is 9.81. The quantitative estimate of drug-likeness (QED) is 0.224. The van der Waals surface area contributed by atoms with Crippen molar-refractivity contribution in [3.05, 3.63) is 75.3 Å². The summed E-state index contributed by atoms with van der Waals surface area (Å²) >= 11 is 0. The topological polar surface area (TPSA) is 131 Å². The van der Waals surface area contributed by atoms with E-state index in [1.807, 2.05) is 58.0 Å². The van der Waals surface area contributed by atoms with E-state index >= 15 is 0 Å². The molecule has 0 bridgehead atoms. The third-order valence-corrected chi connectivity index (χ3v) is 6.48. The van der Waals surface area contributed by atoms with Crippen LogP contribution < -0.4 is 26.7 Å². The molecule has 0 saturated carbocycles. The number of hydrogen-bond acceptors (Lipinski definition) is 5. The number of pyridine rings is 1. The maximum Gasteiger partial charge on any atom is 0.274 e. The van der Waals surface area contributed by atoms with Crippen molar-refractivity contribution in [3.8, 4) is 22.6 Å². The minimum absolute atomic E-state index is 0. The Morgan fingerprint density at radius 1 is 1.05 bits per heavy atom. The molecule has 40 heavy (non-hydrogen) atoms. The van der Waals surface area contributed by atoms with Gasteiger partial charge in [-0.2, -0.15) is 0 Å². The number of nitrogens with one attached hydrogen (secondary N) is 3. The van der Waals surface area contributed by atoms with Crippen LogP contribution in [0.5, 0.6) is 11.5 Å². The minimum atomic E-state index is -0.264. The summed E-state index contributed by atoms with van der Waals surface area (Å²) in [6.07, 6.45) is 2.79. The Hall–Kier alpha value is -4.08.